The molecule has 4 atom stereocenters. The predicted octanol–water partition coefficient (Wildman–Crippen LogP) is 6.39. The van der Waals surface area contributed by atoms with Crippen molar-refractivity contribution in [1.29, 1.82) is 0 Å². The summed E-state index contributed by atoms with van der Waals surface area (Å²) in [6.45, 7) is 4.15. The van der Waals surface area contributed by atoms with Crippen LogP contribution in [0.15, 0.2) is 42.2 Å². The van der Waals surface area contributed by atoms with Gasteiger partial charge in [-0.2, -0.15) is 0 Å². The van der Waals surface area contributed by atoms with Crippen molar-refractivity contribution < 1.29 is 9.90 Å². The van der Waals surface area contributed by atoms with Crippen molar-refractivity contribution in [2.24, 2.45) is 23.7 Å². The van der Waals surface area contributed by atoms with E-state index in [2.05, 4.69) is 25.1 Å². The zero-order valence-electron chi connectivity index (χ0n) is 16.3. The predicted molar refractivity (Wildman–Crippen MR) is 113 cm³/mol. The van der Waals surface area contributed by atoms with E-state index in [4.69, 9.17) is 11.6 Å². The zero-order chi connectivity index (χ0) is 19.6. The van der Waals surface area contributed by atoms with Gasteiger partial charge in [0.1, 0.15) is 5.76 Å². The van der Waals surface area contributed by atoms with Crippen molar-refractivity contribution in [2.45, 2.75) is 39.5 Å². The monoisotopic (exact) mass is 392 g/mol. The summed E-state index contributed by atoms with van der Waals surface area (Å²) in [6.07, 6.45) is 4.24. The summed E-state index contributed by atoms with van der Waals surface area (Å²) in [5.74, 6) is 1.57. The third-order valence-electron chi connectivity index (χ3n) is 7.30. The lowest BCUT2D eigenvalue weighted by molar-refractivity contribution is -0.118. The molecule has 0 spiro atoms. The molecule has 0 amide bonds. The molecule has 0 aliphatic heterocycles. The van der Waals surface area contributed by atoms with Crippen LogP contribution in [0.25, 0.3) is 16.7 Å². The third kappa shape index (κ3) is 2.50. The first kappa shape index (κ1) is 18.0. The Morgan fingerprint density at radius 3 is 2.46 bits per heavy atom. The molecule has 2 aromatic rings. The number of hydrogen-bond donors (Lipinski definition) is 1. The molecule has 0 heterocycles. The van der Waals surface area contributed by atoms with Crippen molar-refractivity contribution in [3.63, 3.8) is 0 Å². The highest BCUT2D eigenvalue weighted by Gasteiger charge is 2.57. The lowest BCUT2D eigenvalue weighted by Crippen LogP contribution is -2.24. The highest BCUT2D eigenvalue weighted by molar-refractivity contribution is 6.30. The standard InChI is InChI=1S/C25H25ClO2/c1-3-14-4-5-15(19-9-8-18(26)10-13(19)2)12-20(14)23-24(27)21-16-6-7-17(11-16)22(21)25(23)28/h4-5,8-10,12,16-17,21-22,27H,3,6-7,11H2,1-2H3/t16-,17+,21-,22+/m1/s1. The van der Waals surface area contributed by atoms with Gasteiger partial charge in [0, 0.05) is 16.9 Å². The molecule has 28 heavy (non-hydrogen) atoms. The number of ketones is 1. The van der Waals surface area contributed by atoms with E-state index in [0.29, 0.717) is 23.2 Å². The number of fused-ring (bicyclic) bond motifs is 5. The quantitative estimate of drug-likeness (QED) is 0.656. The Morgan fingerprint density at radius 2 is 1.79 bits per heavy atom. The number of halogens is 1. The smallest absolute Gasteiger partial charge is 0.170 e. The Hall–Kier alpha value is -2.06. The van der Waals surface area contributed by atoms with Crippen LogP contribution in [-0.2, 0) is 11.2 Å². The number of allylic oxidation sites excluding steroid dienone is 2. The van der Waals surface area contributed by atoms with Crippen molar-refractivity contribution in [2.75, 3.05) is 0 Å². The van der Waals surface area contributed by atoms with E-state index in [1.807, 2.05) is 25.1 Å². The van der Waals surface area contributed by atoms with Crippen LogP contribution in [0.4, 0.5) is 0 Å². The molecule has 0 aromatic heterocycles. The van der Waals surface area contributed by atoms with Crippen LogP contribution in [0.2, 0.25) is 5.02 Å². The van der Waals surface area contributed by atoms with Gasteiger partial charge < -0.3 is 5.11 Å². The van der Waals surface area contributed by atoms with E-state index in [9.17, 15) is 9.90 Å². The molecule has 2 saturated carbocycles. The summed E-state index contributed by atoms with van der Waals surface area (Å²) in [7, 11) is 0. The fourth-order valence-corrected chi connectivity index (χ4v) is 6.25. The lowest BCUT2D eigenvalue weighted by Gasteiger charge is -2.23. The van der Waals surface area contributed by atoms with Crippen LogP contribution in [0.5, 0.6) is 0 Å². The van der Waals surface area contributed by atoms with Crippen LogP contribution in [-0.4, -0.2) is 10.9 Å². The van der Waals surface area contributed by atoms with Crippen LogP contribution in [0.1, 0.15) is 42.9 Å². The van der Waals surface area contributed by atoms with Gasteiger partial charge in [-0.1, -0.05) is 36.7 Å². The maximum absolute atomic E-state index is 13.4. The van der Waals surface area contributed by atoms with Gasteiger partial charge >= 0.3 is 0 Å². The number of hydrogen-bond acceptors (Lipinski definition) is 2. The minimum absolute atomic E-state index is 0.0133. The van der Waals surface area contributed by atoms with Crippen LogP contribution in [0.3, 0.4) is 0 Å². The summed E-state index contributed by atoms with van der Waals surface area (Å²) in [4.78, 5) is 13.4. The first-order valence-electron chi connectivity index (χ1n) is 10.4. The molecule has 2 nitrogen and oxygen atoms in total. The number of benzene rings is 2. The molecule has 3 aliphatic rings. The van der Waals surface area contributed by atoms with Crippen LogP contribution in [0, 0.1) is 30.6 Å². The fourth-order valence-electron chi connectivity index (χ4n) is 6.03. The van der Waals surface area contributed by atoms with Gasteiger partial charge in [-0.05, 0) is 90.5 Å². The Balaban J connectivity index is 1.64. The minimum atomic E-state index is 0.0133. The van der Waals surface area contributed by atoms with E-state index in [1.54, 1.807) is 0 Å². The topological polar surface area (TPSA) is 37.3 Å². The van der Waals surface area contributed by atoms with Crippen LogP contribution >= 0.6 is 11.6 Å². The maximum Gasteiger partial charge on any atom is 0.170 e. The summed E-state index contributed by atoms with van der Waals surface area (Å²) in [5, 5.41) is 11.8. The number of rotatable bonds is 3. The van der Waals surface area contributed by atoms with E-state index >= 15 is 0 Å². The first-order chi connectivity index (χ1) is 13.5. The van der Waals surface area contributed by atoms with Crippen molar-refractivity contribution in [3.8, 4) is 11.1 Å². The molecule has 2 fully saturated rings. The SMILES string of the molecule is CCc1ccc(-c2ccc(Cl)cc2C)cc1C1=C(O)[C@@H]2[C@@H]3CC[C@@H](C3)[C@@H]2C1=O. The Labute approximate surface area is 171 Å². The van der Waals surface area contributed by atoms with E-state index in [-0.39, 0.29) is 17.6 Å². The van der Waals surface area contributed by atoms with Gasteiger partial charge in [0.15, 0.2) is 5.78 Å². The summed E-state index contributed by atoms with van der Waals surface area (Å²) in [5.41, 5.74) is 5.92. The van der Waals surface area contributed by atoms with Gasteiger partial charge in [0.25, 0.3) is 0 Å². The fraction of sp³-hybridized carbons (Fsp3) is 0.400. The number of aryl methyl sites for hydroxylation is 2. The molecular weight excluding hydrogens is 368 g/mol. The van der Waals surface area contributed by atoms with Crippen molar-refractivity contribution >= 4 is 23.0 Å². The number of aliphatic hydroxyl groups excluding tert-OH is 1. The van der Waals surface area contributed by atoms with Gasteiger partial charge in [0.2, 0.25) is 0 Å². The summed E-state index contributed by atoms with van der Waals surface area (Å²) >= 11 is 6.13. The number of carbonyl (C=O) groups is 1. The Morgan fingerprint density at radius 1 is 1.04 bits per heavy atom. The average Bonchev–Trinajstić information content (AvgIpc) is 3.35. The highest BCUT2D eigenvalue weighted by Crippen LogP contribution is 2.60. The molecule has 5 rings (SSSR count). The number of Topliss-reactive ketones (excluding diaryl/α,β-unsaturated/α-hetero) is 1. The third-order valence-corrected chi connectivity index (χ3v) is 7.53. The largest absolute Gasteiger partial charge is 0.511 e. The van der Waals surface area contributed by atoms with Gasteiger partial charge in [-0.15, -0.1) is 0 Å². The van der Waals surface area contributed by atoms with E-state index in [0.717, 1.165) is 58.5 Å². The highest BCUT2D eigenvalue weighted by atomic mass is 35.5. The van der Waals surface area contributed by atoms with E-state index < -0.39 is 0 Å². The zero-order valence-corrected chi connectivity index (χ0v) is 17.1. The second-order valence-corrected chi connectivity index (χ2v) is 9.13. The summed E-state index contributed by atoms with van der Waals surface area (Å²) in [6, 6.07) is 12.2. The van der Waals surface area contributed by atoms with Gasteiger partial charge in [-0.25, -0.2) is 0 Å². The lowest BCUT2D eigenvalue weighted by atomic mass is 9.80. The second kappa shape index (κ2) is 6.49. The normalized spacial score (nSPS) is 28.3. The average molecular weight is 393 g/mol. The molecule has 0 unspecified atom stereocenters. The summed E-state index contributed by atoms with van der Waals surface area (Å²) < 4.78 is 0. The molecular formula is C25H25ClO2. The van der Waals surface area contributed by atoms with Crippen molar-refractivity contribution in [1.82, 2.24) is 0 Å². The first-order valence-corrected chi connectivity index (χ1v) is 10.7. The molecule has 144 valence electrons. The van der Waals surface area contributed by atoms with Gasteiger partial charge in [0.05, 0.1) is 5.57 Å². The molecule has 3 aliphatic carbocycles. The molecule has 3 heteroatoms. The minimum Gasteiger partial charge on any atom is -0.511 e. The molecule has 0 radical (unpaired) electrons. The number of carbonyl (C=O) groups excluding carboxylic acids is 1. The molecule has 1 N–H and O–H groups in total. The number of aliphatic hydroxyl groups is 1. The Kier molecular flexibility index (Phi) is 4.17. The van der Waals surface area contributed by atoms with E-state index in [1.165, 1.54) is 0 Å². The van der Waals surface area contributed by atoms with Gasteiger partial charge in [-0.3, -0.25) is 4.79 Å². The van der Waals surface area contributed by atoms with Crippen molar-refractivity contribution in [3.05, 3.63) is 63.9 Å². The molecule has 0 saturated heterocycles. The molecule has 2 aromatic carbocycles. The maximum atomic E-state index is 13.4. The van der Waals surface area contributed by atoms with Crippen LogP contribution < -0.4 is 0 Å². The Bertz CT molecular complexity index is 1020. The second-order valence-electron chi connectivity index (χ2n) is 8.69. The molecule has 2 bridgehead atoms.